The molecule has 0 fully saturated rings. The van der Waals surface area contributed by atoms with Crippen molar-refractivity contribution in [1.29, 1.82) is 5.26 Å². The number of benzene rings is 2. The minimum atomic E-state index is -0.655. The van der Waals surface area contributed by atoms with Gasteiger partial charge in [-0.2, -0.15) is 5.26 Å². The lowest BCUT2D eigenvalue weighted by Gasteiger charge is -2.04. The van der Waals surface area contributed by atoms with Crippen LogP contribution in [0.4, 0.5) is 15.8 Å². The Labute approximate surface area is 130 Å². The predicted molar refractivity (Wildman–Crippen MR) is 81.7 cm³/mol. The highest BCUT2D eigenvalue weighted by Crippen LogP contribution is 2.15. The van der Waals surface area contributed by atoms with Gasteiger partial charge in [-0.1, -0.05) is 0 Å². The first-order valence-electron chi connectivity index (χ1n) is 6.43. The maximum atomic E-state index is 12.8. The summed E-state index contributed by atoms with van der Waals surface area (Å²) in [5, 5.41) is 22.1. The third-order valence-electron chi connectivity index (χ3n) is 2.88. The summed E-state index contributed by atoms with van der Waals surface area (Å²) in [4.78, 5) is 22.0. The van der Waals surface area contributed by atoms with Crippen molar-refractivity contribution in [3.8, 4) is 6.07 Å². The zero-order valence-corrected chi connectivity index (χ0v) is 11.7. The third-order valence-corrected chi connectivity index (χ3v) is 2.88. The van der Waals surface area contributed by atoms with Gasteiger partial charge >= 0.3 is 0 Å². The lowest BCUT2D eigenvalue weighted by molar-refractivity contribution is -0.384. The van der Waals surface area contributed by atoms with E-state index in [0.29, 0.717) is 11.3 Å². The van der Waals surface area contributed by atoms with E-state index in [1.165, 1.54) is 54.6 Å². The van der Waals surface area contributed by atoms with Crippen LogP contribution in [0, 0.1) is 27.3 Å². The maximum Gasteiger partial charge on any atom is 0.269 e. The van der Waals surface area contributed by atoms with E-state index in [1.807, 2.05) is 0 Å². The first-order valence-corrected chi connectivity index (χ1v) is 6.43. The van der Waals surface area contributed by atoms with Gasteiger partial charge in [0.25, 0.3) is 11.6 Å². The molecule has 0 heterocycles. The number of halogens is 1. The van der Waals surface area contributed by atoms with E-state index in [1.54, 1.807) is 6.07 Å². The number of hydrogen-bond donors (Lipinski definition) is 1. The number of amides is 1. The molecule has 23 heavy (non-hydrogen) atoms. The number of nitrogens with zero attached hydrogens (tertiary/aromatic N) is 2. The summed E-state index contributed by atoms with van der Waals surface area (Å²) in [6, 6.07) is 12.3. The number of nitro groups is 1. The van der Waals surface area contributed by atoms with Crippen molar-refractivity contribution in [3.63, 3.8) is 0 Å². The molecule has 0 spiro atoms. The lowest BCUT2D eigenvalue weighted by Crippen LogP contribution is -2.13. The van der Waals surface area contributed by atoms with E-state index in [9.17, 15) is 19.3 Å². The maximum absolute atomic E-state index is 12.8. The number of nitrogens with one attached hydrogen (secondary N) is 1. The number of nitro benzene ring substituents is 1. The van der Waals surface area contributed by atoms with Gasteiger partial charge in [-0.25, -0.2) is 4.39 Å². The molecule has 2 rings (SSSR count). The normalized spacial score (nSPS) is 10.7. The second-order valence-corrected chi connectivity index (χ2v) is 4.48. The molecular formula is C16H10FN3O3. The summed E-state index contributed by atoms with van der Waals surface area (Å²) in [7, 11) is 0. The second kappa shape index (κ2) is 6.95. The Hall–Kier alpha value is -3.53. The number of carbonyl (C=O) groups is 1. The molecule has 0 radical (unpaired) electrons. The summed E-state index contributed by atoms with van der Waals surface area (Å²) < 4.78 is 12.8. The number of nitriles is 1. The Morgan fingerprint density at radius 2 is 1.78 bits per heavy atom. The van der Waals surface area contributed by atoms with E-state index in [4.69, 9.17) is 5.26 Å². The van der Waals surface area contributed by atoms with Crippen molar-refractivity contribution in [2.75, 3.05) is 5.32 Å². The summed E-state index contributed by atoms with van der Waals surface area (Å²) in [5.41, 5.74) is 0.558. The number of carbonyl (C=O) groups excluding carboxylic acids is 1. The molecule has 114 valence electrons. The molecule has 2 aromatic rings. The van der Waals surface area contributed by atoms with Crippen LogP contribution in [-0.4, -0.2) is 10.8 Å². The Kier molecular flexibility index (Phi) is 4.79. The van der Waals surface area contributed by atoms with Gasteiger partial charge in [-0.05, 0) is 48.0 Å². The molecule has 0 aliphatic heterocycles. The molecule has 1 amide bonds. The molecule has 7 heteroatoms. The number of anilines is 1. The summed E-state index contributed by atoms with van der Waals surface area (Å²) in [6.07, 6.45) is 1.31. The van der Waals surface area contributed by atoms with Crippen LogP contribution in [0.5, 0.6) is 0 Å². The smallest absolute Gasteiger partial charge is 0.269 e. The van der Waals surface area contributed by atoms with Gasteiger partial charge in [0.1, 0.15) is 17.5 Å². The molecule has 6 nitrogen and oxygen atoms in total. The number of rotatable bonds is 4. The van der Waals surface area contributed by atoms with Crippen molar-refractivity contribution in [2.24, 2.45) is 0 Å². The average Bonchev–Trinajstić information content (AvgIpc) is 2.55. The molecular weight excluding hydrogens is 301 g/mol. The van der Waals surface area contributed by atoms with Crippen molar-refractivity contribution in [3.05, 3.63) is 75.6 Å². The topological polar surface area (TPSA) is 96.0 Å². The zero-order chi connectivity index (χ0) is 16.8. The van der Waals surface area contributed by atoms with Gasteiger partial charge in [0, 0.05) is 17.8 Å². The Bertz CT molecular complexity index is 806. The van der Waals surface area contributed by atoms with Crippen LogP contribution in [0.15, 0.2) is 54.1 Å². The summed E-state index contributed by atoms with van der Waals surface area (Å²) in [6.45, 7) is 0. The van der Waals surface area contributed by atoms with Crippen LogP contribution in [0.3, 0.4) is 0 Å². The molecule has 0 unspecified atom stereocenters. The number of non-ortho nitro benzene ring substituents is 1. The van der Waals surface area contributed by atoms with Crippen molar-refractivity contribution in [2.45, 2.75) is 0 Å². The van der Waals surface area contributed by atoms with Crippen LogP contribution in [-0.2, 0) is 4.79 Å². The molecule has 0 atom stereocenters. The highest BCUT2D eigenvalue weighted by Gasteiger charge is 2.10. The van der Waals surface area contributed by atoms with Crippen LogP contribution >= 0.6 is 0 Å². The average molecular weight is 311 g/mol. The molecule has 0 bridgehead atoms. The van der Waals surface area contributed by atoms with Gasteiger partial charge in [0.2, 0.25) is 0 Å². The Morgan fingerprint density at radius 1 is 1.17 bits per heavy atom. The molecule has 0 aliphatic rings. The number of hydrogen-bond acceptors (Lipinski definition) is 4. The second-order valence-electron chi connectivity index (χ2n) is 4.48. The van der Waals surface area contributed by atoms with Crippen LogP contribution < -0.4 is 5.32 Å². The van der Waals surface area contributed by atoms with Crippen LogP contribution in [0.2, 0.25) is 0 Å². The summed E-state index contributed by atoms with van der Waals surface area (Å²) in [5.74, 6) is -1.10. The van der Waals surface area contributed by atoms with E-state index in [-0.39, 0.29) is 11.3 Å². The molecule has 0 aromatic heterocycles. The highest BCUT2D eigenvalue weighted by molar-refractivity contribution is 6.09. The predicted octanol–water partition coefficient (Wildman–Crippen LogP) is 3.28. The third kappa shape index (κ3) is 4.22. The Balaban J connectivity index is 2.17. The first-order chi connectivity index (χ1) is 11.0. The molecule has 0 saturated carbocycles. The minimum Gasteiger partial charge on any atom is -0.321 e. The van der Waals surface area contributed by atoms with Gasteiger partial charge in [0.05, 0.1) is 4.92 Å². The first kappa shape index (κ1) is 15.9. The van der Waals surface area contributed by atoms with Gasteiger partial charge in [-0.15, -0.1) is 0 Å². The van der Waals surface area contributed by atoms with Crippen molar-refractivity contribution >= 4 is 23.4 Å². The van der Waals surface area contributed by atoms with Crippen molar-refractivity contribution < 1.29 is 14.1 Å². The van der Waals surface area contributed by atoms with Gasteiger partial charge < -0.3 is 5.32 Å². The van der Waals surface area contributed by atoms with E-state index < -0.39 is 16.6 Å². The lowest BCUT2D eigenvalue weighted by atomic mass is 10.1. The fourth-order valence-corrected chi connectivity index (χ4v) is 1.74. The quantitative estimate of drug-likeness (QED) is 0.405. The zero-order valence-electron chi connectivity index (χ0n) is 11.7. The van der Waals surface area contributed by atoms with E-state index >= 15 is 0 Å². The standard InChI is InChI=1S/C16H10FN3O3/c17-13-3-5-14(6-4-13)19-16(21)12(10-18)9-11-1-7-15(8-2-11)20(22)23/h1-9H,(H,19,21)/b12-9-. The summed E-state index contributed by atoms with van der Waals surface area (Å²) >= 11 is 0. The SMILES string of the molecule is N#C/C(=C/c1ccc([N+](=O)[O-])cc1)C(=O)Nc1ccc(F)cc1. The molecule has 0 aliphatic carbocycles. The van der Waals surface area contributed by atoms with Crippen LogP contribution in [0.1, 0.15) is 5.56 Å². The van der Waals surface area contributed by atoms with E-state index in [0.717, 1.165) is 0 Å². The Morgan fingerprint density at radius 3 is 2.30 bits per heavy atom. The van der Waals surface area contributed by atoms with Crippen LogP contribution in [0.25, 0.3) is 6.08 Å². The highest BCUT2D eigenvalue weighted by atomic mass is 19.1. The fraction of sp³-hybridized carbons (Fsp3) is 0. The fourth-order valence-electron chi connectivity index (χ4n) is 1.74. The minimum absolute atomic E-state index is 0.0866. The molecule has 2 aromatic carbocycles. The monoisotopic (exact) mass is 311 g/mol. The van der Waals surface area contributed by atoms with Gasteiger partial charge in [-0.3, -0.25) is 14.9 Å². The van der Waals surface area contributed by atoms with Gasteiger partial charge in [0.15, 0.2) is 0 Å². The van der Waals surface area contributed by atoms with Crippen molar-refractivity contribution in [1.82, 2.24) is 0 Å². The largest absolute Gasteiger partial charge is 0.321 e. The molecule has 0 saturated heterocycles. The van der Waals surface area contributed by atoms with E-state index in [2.05, 4.69) is 5.32 Å². The molecule has 1 N–H and O–H groups in total.